The third-order valence-electron chi connectivity index (χ3n) is 5.43. The van der Waals surface area contributed by atoms with Crippen LogP contribution in [0.5, 0.6) is 11.5 Å². The Labute approximate surface area is 194 Å². The predicted molar refractivity (Wildman–Crippen MR) is 121 cm³/mol. The van der Waals surface area contributed by atoms with Crippen molar-refractivity contribution in [1.82, 2.24) is 20.3 Å². The summed E-state index contributed by atoms with van der Waals surface area (Å²) in [7, 11) is 4.77. The first-order valence-electron chi connectivity index (χ1n) is 10.1. The Balaban J connectivity index is 1.64. The minimum absolute atomic E-state index is 0.00136. The van der Waals surface area contributed by atoms with Crippen LogP contribution in [0.25, 0.3) is 10.9 Å². The van der Waals surface area contributed by atoms with Crippen LogP contribution in [0, 0.1) is 5.82 Å². The summed E-state index contributed by atoms with van der Waals surface area (Å²) in [6, 6.07) is 7.75. The van der Waals surface area contributed by atoms with E-state index in [1.165, 1.54) is 26.6 Å². The van der Waals surface area contributed by atoms with Crippen LogP contribution < -0.4 is 20.3 Å². The van der Waals surface area contributed by atoms with Gasteiger partial charge in [-0.1, -0.05) is 17.7 Å². The van der Waals surface area contributed by atoms with E-state index in [4.69, 9.17) is 25.9 Å². The molecule has 1 aliphatic heterocycles. The minimum Gasteiger partial charge on any atom is -0.493 e. The molecule has 2 atom stereocenters. The second-order valence-electron chi connectivity index (χ2n) is 7.57. The number of anilines is 2. The highest BCUT2D eigenvalue weighted by Gasteiger charge is 2.36. The molecule has 174 valence electrons. The van der Waals surface area contributed by atoms with E-state index in [-0.39, 0.29) is 28.8 Å². The number of aromatic nitrogens is 2. The third kappa shape index (κ3) is 4.77. The number of amides is 1. The first kappa shape index (κ1) is 23.0. The van der Waals surface area contributed by atoms with Gasteiger partial charge in [0, 0.05) is 24.4 Å². The lowest BCUT2D eigenvalue weighted by Crippen LogP contribution is -2.40. The number of rotatable bonds is 7. The topological polar surface area (TPSA) is 97.8 Å². The van der Waals surface area contributed by atoms with Crippen LogP contribution in [-0.4, -0.2) is 60.7 Å². The minimum atomic E-state index is -0.578. The molecular weight excluding hydrogens is 453 g/mol. The zero-order valence-electron chi connectivity index (χ0n) is 18.3. The highest BCUT2D eigenvalue weighted by Crippen LogP contribution is 2.37. The fraction of sp³-hybridized carbons (Fsp3) is 0.318. The average molecular weight is 476 g/mol. The number of ether oxygens (including phenoxy) is 2. The summed E-state index contributed by atoms with van der Waals surface area (Å²) in [4.78, 5) is 27.4. The fourth-order valence-electron chi connectivity index (χ4n) is 3.84. The number of nitrogens with one attached hydrogen (secondary N) is 2. The molecule has 0 bridgehead atoms. The molecule has 1 fully saturated rings. The zero-order chi connectivity index (χ0) is 23.5. The number of nitrogens with zero attached hydrogens (tertiary/aromatic N) is 3. The molecule has 4 rings (SSSR count). The van der Waals surface area contributed by atoms with Crippen molar-refractivity contribution in [2.45, 2.75) is 18.6 Å². The van der Waals surface area contributed by atoms with Gasteiger partial charge in [-0.25, -0.2) is 19.8 Å². The number of carbonyl (C=O) groups excluding carboxylic acids is 1. The zero-order valence-corrected chi connectivity index (χ0v) is 19.0. The van der Waals surface area contributed by atoms with E-state index in [1.807, 2.05) is 11.9 Å². The Hall–Kier alpha value is -3.21. The number of hydrogen-bond acceptors (Lipinski definition) is 8. The van der Waals surface area contributed by atoms with E-state index in [1.54, 1.807) is 24.3 Å². The lowest BCUT2D eigenvalue weighted by Gasteiger charge is -2.17. The van der Waals surface area contributed by atoms with Crippen molar-refractivity contribution >= 4 is 39.9 Å². The van der Waals surface area contributed by atoms with E-state index in [0.717, 1.165) is 0 Å². The number of benzene rings is 2. The lowest BCUT2D eigenvalue weighted by atomic mass is 10.1. The van der Waals surface area contributed by atoms with Crippen LogP contribution in [0.15, 0.2) is 36.7 Å². The molecule has 9 nitrogen and oxygen atoms in total. The largest absolute Gasteiger partial charge is 0.493 e. The normalized spacial score (nSPS) is 18.3. The van der Waals surface area contributed by atoms with E-state index in [2.05, 4.69) is 20.8 Å². The maximum Gasteiger partial charge on any atom is 0.260 e. The van der Waals surface area contributed by atoms with Crippen molar-refractivity contribution in [2.24, 2.45) is 0 Å². The van der Waals surface area contributed by atoms with E-state index in [0.29, 0.717) is 41.2 Å². The van der Waals surface area contributed by atoms with Crippen molar-refractivity contribution in [2.75, 3.05) is 33.1 Å². The quantitative estimate of drug-likeness (QED) is 0.502. The van der Waals surface area contributed by atoms with Gasteiger partial charge in [-0.3, -0.25) is 14.5 Å². The molecule has 11 heteroatoms. The molecule has 0 spiro atoms. The monoisotopic (exact) mass is 475 g/mol. The molecular formula is C22H23ClFN5O4. The van der Waals surface area contributed by atoms with E-state index >= 15 is 0 Å². The van der Waals surface area contributed by atoms with Gasteiger partial charge in [-0.15, -0.1) is 0 Å². The smallest absolute Gasteiger partial charge is 0.260 e. The summed E-state index contributed by atoms with van der Waals surface area (Å²) in [6.07, 6.45) is 1.58. The SMILES string of the molecule is CONC(=O)[C@@H]1C[C@H](Oc2cc3c(Nc4cccc(Cl)c4F)ncnc3cc2OC)CN1C. The predicted octanol–water partition coefficient (Wildman–Crippen LogP) is 3.30. The number of likely N-dealkylation sites (N-methyl/N-ethyl adjacent to an activating group) is 1. The Morgan fingerprint density at radius 2 is 2.06 bits per heavy atom. The maximum atomic E-state index is 14.4. The Bertz CT molecular complexity index is 1180. The van der Waals surface area contributed by atoms with Gasteiger partial charge in [0.2, 0.25) is 0 Å². The summed E-state index contributed by atoms with van der Waals surface area (Å²) in [6.45, 7) is 0.535. The van der Waals surface area contributed by atoms with Crippen molar-refractivity contribution < 1.29 is 23.5 Å². The summed E-state index contributed by atoms with van der Waals surface area (Å²) in [5.74, 6) is 0.508. The number of methoxy groups -OCH3 is 1. The molecule has 0 aliphatic carbocycles. The molecule has 1 aromatic heterocycles. The molecule has 33 heavy (non-hydrogen) atoms. The molecule has 1 aliphatic rings. The lowest BCUT2D eigenvalue weighted by molar-refractivity contribution is -0.135. The average Bonchev–Trinajstić information content (AvgIpc) is 3.17. The second kappa shape index (κ2) is 9.74. The highest BCUT2D eigenvalue weighted by molar-refractivity contribution is 6.31. The molecule has 2 N–H and O–H groups in total. The van der Waals surface area contributed by atoms with Crippen LogP contribution >= 0.6 is 11.6 Å². The van der Waals surface area contributed by atoms with Gasteiger partial charge in [0.15, 0.2) is 17.3 Å². The molecule has 1 amide bonds. The van der Waals surface area contributed by atoms with Gasteiger partial charge in [-0.05, 0) is 25.2 Å². The molecule has 0 saturated carbocycles. The van der Waals surface area contributed by atoms with Gasteiger partial charge < -0.3 is 14.8 Å². The number of hydrogen-bond donors (Lipinski definition) is 2. The number of likely N-dealkylation sites (tertiary alicyclic amines) is 1. The molecule has 0 radical (unpaired) electrons. The molecule has 3 aromatic rings. The third-order valence-corrected chi connectivity index (χ3v) is 5.73. The number of halogens is 2. The van der Waals surface area contributed by atoms with Gasteiger partial charge >= 0.3 is 0 Å². The van der Waals surface area contributed by atoms with Crippen molar-refractivity contribution in [1.29, 1.82) is 0 Å². The fourth-order valence-corrected chi connectivity index (χ4v) is 4.01. The first-order valence-corrected chi connectivity index (χ1v) is 10.5. The second-order valence-corrected chi connectivity index (χ2v) is 7.98. The molecule has 0 unspecified atom stereocenters. The summed E-state index contributed by atoms with van der Waals surface area (Å²) in [5.41, 5.74) is 3.13. The van der Waals surface area contributed by atoms with Gasteiger partial charge in [0.05, 0.1) is 36.5 Å². The Morgan fingerprint density at radius 3 is 2.82 bits per heavy atom. The van der Waals surface area contributed by atoms with E-state index < -0.39 is 5.82 Å². The summed E-state index contributed by atoms with van der Waals surface area (Å²) in [5, 5.41) is 3.58. The van der Waals surface area contributed by atoms with Crippen LogP contribution in [-0.2, 0) is 9.63 Å². The number of fused-ring (bicyclic) bond motifs is 1. The van der Waals surface area contributed by atoms with Crippen molar-refractivity contribution in [3.63, 3.8) is 0 Å². The van der Waals surface area contributed by atoms with Gasteiger partial charge in [-0.2, -0.15) is 0 Å². The van der Waals surface area contributed by atoms with Crippen LogP contribution in [0.3, 0.4) is 0 Å². The Kier molecular flexibility index (Phi) is 6.77. The summed E-state index contributed by atoms with van der Waals surface area (Å²) < 4.78 is 26.1. The van der Waals surface area contributed by atoms with Gasteiger partial charge in [0.1, 0.15) is 18.2 Å². The van der Waals surface area contributed by atoms with Crippen molar-refractivity contribution in [3.8, 4) is 11.5 Å². The summed E-state index contributed by atoms with van der Waals surface area (Å²) >= 11 is 5.90. The van der Waals surface area contributed by atoms with Gasteiger partial charge in [0.25, 0.3) is 5.91 Å². The molecule has 1 saturated heterocycles. The molecule has 2 aromatic carbocycles. The van der Waals surface area contributed by atoms with Crippen LogP contribution in [0.4, 0.5) is 15.9 Å². The van der Waals surface area contributed by atoms with E-state index in [9.17, 15) is 9.18 Å². The first-order chi connectivity index (χ1) is 15.9. The van der Waals surface area contributed by atoms with Crippen LogP contribution in [0.1, 0.15) is 6.42 Å². The number of carbonyl (C=O) groups is 1. The van der Waals surface area contributed by atoms with Crippen LogP contribution in [0.2, 0.25) is 5.02 Å². The molecule has 2 heterocycles. The maximum absolute atomic E-state index is 14.4. The highest BCUT2D eigenvalue weighted by atomic mass is 35.5. The standard InChI is InChI=1S/C22H23ClFN5O4/c1-29-10-12(7-17(29)22(30)28-32-3)33-19-8-13-16(9-18(19)31-2)25-11-26-21(13)27-15-6-4-5-14(23)20(15)24/h4-6,8-9,11-12,17H,7,10H2,1-3H3,(H,28,30)(H,25,26,27)/t12-,17-/m0/s1. The van der Waals surface area contributed by atoms with Crippen molar-refractivity contribution in [3.05, 3.63) is 47.5 Å². The number of hydroxylamine groups is 1. The Morgan fingerprint density at radius 1 is 1.24 bits per heavy atom.